The standard InChI is InChI=1S/C20H26N2O4/c23-18(17-7-13-25-14-17)21-11-8-20(9-12-21)15-22(19(24)26-20)10-6-16-4-2-1-3-5-16/h1-5,17H,6-15H2/t17-/m0/s1. The first-order valence-electron chi connectivity index (χ1n) is 9.54. The van der Waals surface area contributed by atoms with Crippen LogP contribution in [0.3, 0.4) is 0 Å². The van der Waals surface area contributed by atoms with Crippen molar-refractivity contribution in [1.82, 2.24) is 9.80 Å². The van der Waals surface area contributed by atoms with Gasteiger partial charge in [-0.3, -0.25) is 4.79 Å². The molecular weight excluding hydrogens is 332 g/mol. The second-order valence-corrected chi connectivity index (χ2v) is 7.59. The summed E-state index contributed by atoms with van der Waals surface area (Å²) >= 11 is 0. The molecule has 2 amide bonds. The summed E-state index contributed by atoms with van der Waals surface area (Å²) in [6, 6.07) is 10.2. The first-order valence-corrected chi connectivity index (χ1v) is 9.54. The molecule has 3 fully saturated rings. The van der Waals surface area contributed by atoms with E-state index in [9.17, 15) is 9.59 Å². The third-order valence-corrected chi connectivity index (χ3v) is 5.82. The van der Waals surface area contributed by atoms with Crippen molar-refractivity contribution in [3.05, 3.63) is 35.9 Å². The van der Waals surface area contributed by atoms with Crippen LogP contribution < -0.4 is 0 Å². The Bertz CT molecular complexity index is 649. The SMILES string of the molecule is O=C1OC2(CCN(C(=O)[C@H]3CCOC3)CC2)CN1CCc1ccccc1. The summed E-state index contributed by atoms with van der Waals surface area (Å²) in [6.07, 6.45) is 2.88. The predicted molar refractivity (Wildman–Crippen MR) is 95.7 cm³/mol. The highest BCUT2D eigenvalue weighted by atomic mass is 16.6. The fourth-order valence-corrected chi connectivity index (χ4v) is 4.16. The monoisotopic (exact) mass is 358 g/mol. The minimum absolute atomic E-state index is 0.0116. The number of hydrogen-bond acceptors (Lipinski definition) is 4. The first-order chi connectivity index (χ1) is 12.7. The number of carbonyl (C=O) groups excluding carboxylic acids is 2. The number of hydrogen-bond donors (Lipinski definition) is 0. The molecule has 1 aromatic rings. The van der Waals surface area contributed by atoms with Gasteiger partial charge in [0.05, 0.1) is 19.1 Å². The van der Waals surface area contributed by atoms with Crippen LogP contribution >= 0.6 is 0 Å². The molecule has 6 nitrogen and oxygen atoms in total. The number of rotatable bonds is 4. The minimum Gasteiger partial charge on any atom is -0.441 e. The van der Waals surface area contributed by atoms with E-state index in [1.165, 1.54) is 5.56 Å². The maximum absolute atomic E-state index is 12.5. The van der Waals surface area contributed by atoms with Gasteiger partial charge in [0.25, 0.3) is 0 Å². The summed E-state index contributed by atoms with van der Waals surface area (Å²) in [5.41, 5.74) is 0.803. The summed E-state index contributed by atoms with van der Waals surface area (Å²) < 4.78 is 11.1. The van der Waals surface area contributed by atoms with Crippen LogP contribution in [0, 0.1) is 5.92 Å². The Kier molecular flexibility index (Phi) is 4.85. The van der Waals surface area contributed by atoms with Gasteiger partial charge >= 0.3 is 6.09 Å². The van der Waals surface area contributed by atoms with E-state index in [0.29, 0.717) is 39.4 Å². The Morgan fingerprint density at radius 3 is 2.65 bits per heavy atom. The number of amides is 2. The third-order valence-electron chi connectivity index (χ3n) is 5.82. The van der Waals surface area contributed by atoms with Gasteiger partial charge in [-0.15, -0.1) is 0 Å². The van der Waals surface area contributed by atoms with Crippen LogP contribution in [0.5, 0.6) is 0 Å². The molecule has 3 saturated heterocycles. The van der Waals surface area contributed by atoms with Crippen molar-refractivity contribution in [2.24, 2.45) is 5.92 Å². The third kappa shape index (κ3) is 3.56. The van der Waals surface area contributed by atoms with Gasteiger partial charge in [0.2, 0.25) is 5.91 Å². The molecule has 3 aliphatic rings. The highest BCUT2D eigenvalue weighted by molar-refractivity contribution is 5.79. The Labute approximate surface area is 154 Å². The van der Waals surface area contributed by atoms with Gasteiger partial charge in [-0.05, 0) is 18.4 Å². The van der Waals surface area contributed by atoms with Gasteiger partial charge < -0.3 is 19.3 Å². The van der Waals surface area contributed by atoms with Crippen molar-refractivity contribution in [3.63, 3.8) is 0 Å². The van der Waals surface area contributed by atoms with Crippen LogP contribution in [0.1, 0.15) is 24.8 Å². The molecule has 0 radical (unpaired) electrons. The van der Waals surface area contributed by atoms with E-state index in [1.807, 2.05) is 28.0 Å². The lowest BCUT2D eigenvalue weighted by atomic mass is 9.90. The van der Waals surface area contributed by atoms with E-state index < -0.39 is 5.60 Å². The fraction of sp³-hybridized carbons (Fsp3) is 0.600. The highest BCUT2D eigenvalue weighted by Gasteiger charge is 2.47. The van der Waals surface area contributed by atoms with Crippen molar-refractivity contribution in [2.45, 2.75) is 31.3 Å². The summed E-state index contributed by atoms with van der Waals surface area (Å²) in [4.78, 5) is 28.6. The van der Waals surface area contributed by atoms with Crippen molar-refractivity contribution in [3.8, 4) is 0 Å². The molecule has 1 atom stereocenters. The van der Waals surface area contributed by atoms with Gasteiger partial charge in [0.1, 0.15) is 5.60 Å². The average Bonchev–Trinajstić information content (AvgIpc) is 3.30. The smallest absolute Gasteiger partial charge is 0.410 e. The lowest BCUT2D eigenvalue weighted by Gasteiger charge is -2.38. The van der Waals surface area contributed by atoms with Gasteiger partial charge in [-0.2, -0.15) is 0 Å². The predicted octanol–water partition coefficient (Wildman–Crippen LogP) is 2.08. The molecular formula is C20H26N2O4. The molecule has 3 aliphatic heterocycles. The molecule has 1 spiro atoms. The maximum Gasteiger partial charge on any atom is 0.410 e. The summed E-state index contributed by atoms with van der Waals surface area (Å²) in [6.45, 7) is 3.86. The number of nitrogens with zero attached hydrogens (tertiary/aromatic N) is 2. The molecule has 0 bridgehead atoms. The number of benzene rings is 1. The van der Waals surface area contributed by atoms with Crippen LogP contribution in [0.25, 0.3) is 0 Å². The van der Waals surface area contributed by atoms with E-state index >= 15 is 0 Å². The quantitative estimate of drug-likeness (QED) is 0.827. The van der Waals surface area contributed by atoms with Crippen LogP contribution in [0.2, 0.25) is 0 Å². The largest absolute Gasteiger partial charge is 0.441 e. The lowest BCUT2D eigenvalue weighted by Crippen LogP contribution is -2.50. The van der Waals surface area contributed by atoms with Crippen LogP contribution in [-0.2, 0) is 20.7 Å². The Hall–Kier alpha value is -2.08. The van der Waals surface area contributed by atoms with E-state index in [-0.39, 0.29) is 17.9 Å². The number of piperidine rings is 1. The molecule has 0 aliphatic carbocycles. The molecule has 3 heterocycles. The zero-order valence-electron chi connectivity index (χ0n) is 15.1. The second kappa shape index (κ2) is 7.27. The molecule has 140 valence electrons. The fourth-order valence-electron chi connectivity index (χ4n) is 4.16. The van der Waals surface area contributed by atoms with Crippen LogP contribution in [0.4, 0.5) is 4.79 Å². The molecule has 0 unspecified atom stereocenters. The molecule has 0 aromatic heterocycles. The number of likely N-dealkylation sites (tertiary alicyclic amines) is 1. The molecule has 4 rings (SSSR count). The summed E-state index contributed by atoms with van der Waals surface area (Å²) in [7, 11) is 0. The van der Waals surface area contributed by atoms with Gasteiger partial charge in [-0.1, -0.05) is 30.3 Å². The lowest BCUT2D eigenvalue weighted by molar-refractivity contribution is -0.138. The number of carbonyl (C=O) groups is 2. The van der Waals surface area contributed by atoms with Crippen molar-refractivity contribution >= 4 is 12.0 Å². The van der Waals surface area contributed by atoms with Gasteiger partial charge in [0, 0.05) is 39.1 Å². The average molecular weight is 358 g/mol. The van der Waals surface area contributed by atoms with Crippen molar-refractivity contribution < 1.29 is 19.1 Å². The molecule has 26 heavy (non-hydrogen) atoms. The molecule has 6 heteroatoms. The van der Waals surface area contributed by atoms with E-state index in [4.69, 9.17) is 9.47 Å². The zero-order valence-corrected chi connectivity index (χ0v) is 15.1. The van der Waals surface area contributed by atoms with Crippen LogP contribution in [0.15, 0.2) is 30.3 Å². The Morgan fingerprint density at radius 1 is 1.19 bits per heavy atom. The minimum atomic E-state index is -0.420. The molecule has 1 aromatic carbocycles. The summed E-state index contributed by atoms with van der Waals surface area (Å²) in [5.74, 6) is 0.208. The second-order valence-electron chi connectivity index (χ2n) is 7.59. The maximum atomic E-state index is 12.5. The van der Waals surface area contributed by atoms with E-state index in [0.717, 1.165) is 25.7 Å². The van der Waals surface area contributed by atoms with Crippen LogP contribution in [-0.4, -0.2) is 66.8 Å². The highest BCUT2D eigenvalue weighted by Crippen LogP contribution is 2.34. The molecule has 0 saturated carbocycles. The van der Waals surface area contributed by atoms with Gasteiger partial charge in [0.15, 0.2) is 0 Å². The topological polar surface area (TPSA) is 59.1 Å². The Morgan fingerprint density at radius 2 is 1.96 bits per heavy atom. The summed E-state index contributed by atoms with van der Waals surface area (Å²) in [5, 5.41) is 0. The number of ether oxygens (including phenoxy) is 2. The van der Waals surface area contributed by atoms with Crippen molar-refractivity contribution in [1.29, 1.82) is 0 Å². The van der Waals surface area contributed by atoms with E-state index in [2.05, 4.69) is 12.1 Å². The normalized spacial score (nSPS) is 24.9. The Balaban J connectivity index is 1.30. The van der Waals surface area contributed by atoms with E-state index in [1.54, 1.807) is 0 Å². The van der Waals surface area contributed by atoms with Crippen molar-refractivity contribution in [2.75, 3.05) is 39.4 Å². The van der Waals surface area contributed by atoms with Gasteiger partial charge in [-0.25, -0.2) is 4.79 Å². The first kappa shape index (κ1) is 17.3. The molecule has 0 N–H and O–H groups in total. The zero-order chi connectivity index (χ0) is 18.0.